The third-order valence-electron chi connectivity index (χ3n) is 1.99. The van der Waals surface area contributed by atoms with Crippen LogP contribution in [-0.4, -0.2) is 16.6 Å². The monoisotopic (exact) mass is 256 g/mol. The molecule has 1 aromatic rings. The summed E-state index contributed by atoms with van der Waals surface area (Å²) in [7, 11) is 0. The second-order valence-corrected chi connectivity index (χ2v) is 5.22. The minimum atomic E-state index is -0.463. The second-order valence-electron chi connectivity index (χ2n) is 4.78. The van der Waals surface area contributed by atoms with E-state index in [0.29, 0.717) is 17.3 Å². The van der Waals surface area contributed by atoms with Gasteiger partial charge in [-0.1, -0.05) is 11.6 Å². The van der Waals surface area contributed by atoms with Crippen LogP contribution in [0, 0.1) is 0 Å². The normalized spacial score (nSPS) is 11.3. The van der Waals surface area contributed by atoms with Crippen molar-refractivity contribution in [3.63, 3.8) is 0 Å². The average molecular weight is 257 g/mol. The van der Waals surface area contributed by atoms with E-state index in [9.17, 15) is 4.79 Å². The molecule has 0 saturated carbocycles. The lowest BCUT2D eigenvalue weighted by Crippen LogP contribution is -2.24. The number of hydrogen-bond donors (Lipinski definition) is 1. The minimum absolute atomic E-state index is 0.253. The number of anilines is 1. The number of nitrogens with two attached hydrogens (primary N) is 1. The van der Waals surface area contributed by atoms with Crippen molar-refractivity contribution in [3.8, 4) is 0 Å². The Hall–Kier alpha value is -1.29. The van der Waals surface area contributed by atoms with Gasteiger partial charge in [0, 0.05) is 12.6 Å². The van der Waals surface area contributed by atoms with E-state index in [0.717, 1.165) is 5.56 Å². The number of esters is 1. The topological polar surface area (TPSA) is 65.2 Å². The highest BCUT2D eigenvalue weighted by atomic mass is 35.5. The molecule has 0 atom stereocenters. The lowest BCUT2D eigenvalue weighted by molar-refractivity contribution is -0.154. The fourth-order valence-corrected chi connectivity index (χ4v) is 1.50. The lowest BCUT2D eigenvalue weighted by Gasteiger charge is -2.19. The van der Waals surface area contributed by atoms with E-state index < -0.39 is 5.60 Å². The molecule has 0 saturated heterocycles. The fourth-order valence-electron chi connectivity index (χ4n) is 1.32. The molecule has 1 heterocycles. The first-order valence-corrected chi connectivity index (χ1v) is 5.77. The molecular weight excluding hydrogens is 240 g/mol. The summed E-state index contributed by atoms with van der Waals surface area (Å²) in [5.41, 5.74) is 5.98. The zero-order valence-electron chi connectivity index (χ0n) is 10.3. The van der Waals surface area contributed by atoms with Crippen molar-refractivity contribution in [3.05, 3.63) is 22.8 Å². The molecule has 1 rings (SSSR count). The molecule has 0 unspecified atom stereocenters. The maximum absolute atomic E-state index is 11.5. The van der Waals surface area contributed by atoms with Gasteiger partial charge in [0.05, 0.1) is 5.02 Å². The first-order chi connectivity index (χ1) is 7.78. The number of halogens is 1. The van der Waals surface area contributed by atoms with Gasteiger partial charge in [0.2, 0.25) is 0 Å². The molecule has 0 bridgehead atoms. The van der Waals surface area contributed by atoms with Gasteiger partial charge in [0.1, 0.15) is 11.4 Å². The summed E-state index contributed by atoms with van der Waals surface area (Å²) in [6, 6.07) is 1.72. The van der Waals surface area contributed by atoms with Gasteiger partial charge in [0.25, 0.3) is 0 Å². The summed E-state index contributed by atoms with van der Waals surface area (Å²) in [6.07, 6.45) is 2.23. The molecule has 2 N–H and O–H groups in total. The van der Waals surface area contributed by atoms with Crippen molar-refractivity contribution in [2.75, 3.05) is 5.73 Å². The van der Waals surface area contributed by atoms with Gasteiger partial charge >= 0.3 is 5.97 Å². The van der Waals surface area contributed by atoms with E-state index in [1.165, 1.54) is 6.20 Å². The van der Waals surface area contributed by atoms with Crippen molar-refractivity contribution in [1.29, 1.82) is 0 Å². The Morgan fingerprint density at radius 1 is 1.53 bits per heavy atom. The van der Waals surface area contributed by atoms with Gasteiger partial charge in [-0.3, -0.25) is 4.79 Å². The van der Waals surface area contributed by atoms with Crippen LogP contribution in [0.2, 0.25) is 5.02 Å². The van der Waals surface area contributed by atoms with E-state index in [-0.39, 0.29) is 12.4 Å². The number of aryl methyl sites for hydroxylation is 1. The molecule has 1 aromatic heterocycles. The van der Waals surface area contributed by atoms with E-state index in [1.54, 1.807) is 6.07 Å². The second kappa shape index (κ2) is 5.36. The van der Waals surface area contributed by atoms with Gasteiger partial charge in [-0.2, -0.15) is 0 Å². The summed E-state index contributed by atoms with van der Waals surface area (Å²) in [6.45, 7) is 5.50. The van der Waals surface area contributed by atoms with Gasteiger partial charge in [0.15, 0.2) is 0 Å². The van der Waals surface area contributed by atoms with Crippen LogP contribution in [0.1, 0.15) is 32.8 Å². The van der Waals surface area contributed by atoms with Gasteiger partial charge in [-0.05, 0) is 38.8 Å². The summed E-state index contributed by atoms with van der Waals surface area (Å²) in [5.74, 6) is 0.148. The van der Waals surface area contributed by atoms with Crippen LogP contribution in [-0.2, 0) is 16.0 Å². The maximum Gasteiger partial charge on any atom is 0.306 e. The molecule has 0 amide bonds. The predicted molar refractivity (Wildman–Crippen MR) is 67.8 cm³/mol. The molecule has 0 fully saturated rings. The highest BCUT2D eigenvalue weighted by Gasteiger charge is 2.16. The highest BCUT2D eigenvalue weighted by Crippen LogP contribution is 2.17. The van der Waals surface area contributed by atoms with Gasteiger partial charge in [-0.15, -0.1) is 0 Å². The summed E-state index contributed by atoms with van der Waals surface area (Å²) in [5, 5.41) is 0.512. The van der Waals surface area contributed by atoms with Crippen LogP contribution in [0.25, 0.3) is 0 Å². The quantitative estimate of drug-likeness (QED) is 0.845. The van der Waals surface area contributed by atoms with E-state index in [1.807, 2.05) is 20.8 Å². The number of aromatic nitrogens is 1. The van der Waals surface area contributed by atoms with Crippen molar-refractivity contribution >= 4 is 23.4 Å². The zero-order valence-corrected chi connectivity index (χ0v) is 11.0. The molecule has 0 radical (unpaired) electrons. The van der Waals surface area contributed by atoms with E-state index in [4.69, 9.17) is 22.1 Å². The number of carbonyl (C=O) groups excluding carboxylic acids is 1. The van der Waals surface area contributed by atoms with Crippen molar-refractivity contribution in [2.24, 2.45) is 0 Å². The first-order valence-electron chi connectivity index (χ1n) is 5.39. The summed E-state index contributed by atoms with van der Waals surface area (Å²) in [4.78, 5) is 15.4. The van der Waals surface area contributed by atoms with Crippen molar-refractivity contribution in [2.45, 2.75) is 39.2 Å². The third kappa shape index (κ3) is 5.04. The predicted octanol–water partition coefficient (Wildman–Crippen LogP) is 2.59. The standard InChI is InChI=1S/C12H17ClN2O2/c1-12(2,3)17-10(16)5-4-8-6-9(13)7-15-11(8)14/h6-7H,4-5H2,1-3H3,(H2,14,15). The Bertz CT molecular complexity index is 413. The number of nitrogen functional groups attached to an aromatic ring is 1. The number of hydrogen-bond acceptors (Lipinski definition) is 4. The molecule has 0 spiro atoms. The molecule has 17 heavy (non-hydrogen) atoms. The number of carbonyl (C=O) groups is 1. The maximum atomic E-state index is 11.5. The Balaban J connectivity index is 2.56. The van der Waals surface area contributed by atoms with Crippen molar-refractivity contribution < 1.29 is 9.53 Å². The molecule has 0 aliphatic heterocycles. The van der Waals surface area contributed by atoms with E-state index >= 15 is 0 Å². The number of ether oxygens (including phenoxy) is 1. The molecule has 94 valence electrons. The minimum Gasteiger partial charge on any atom is -0.460 e. The Kier molecular flexibility index (Phi) is 4.34. The molecule has 0 aliphatic rings. The average Bonchev–Trinajstić information content (AvgIpc) is 2.17. The first kappa shape index (κ1) is 13.8. The lowest BCUT2D eigenvalue weighted by atomic mass is 10.1. The summed E-state index contributed by atoms with van der Waals surface area (Å²) >= 11 is 5.80. The zero-order chi connectivity index (χ0) is 13.1. The highest BCUT2D eigenvalue weighted by molar-refractivity contribution is 6.30. The number of rotatable bonds is 3. The number of nitrogens with zero attached hydrogens (tertiary/aromatic N) is 1. The molecule has 4 nitrogen and oxygen atoms in total. The summed E-state index contributed by atoms with van der Waals surface area (Å²) < 4.78 is 5.20. The molecule has 0 aliphatic carbocycles. The molecule has 0 aromatic carbocycles. The number of pyridine rings is 1. The van der Waals surface area contributed by atoms with Crippen LogP contribution in [0.15, 0.2) is 12.3 Å². The van der Waals surface area contributed by atoms with Crippen LogP contribution < -0.4 is 5.73 Å². The van der Waals surface area contributed by atoms with Crippen molar-refractivity contribution in [1.82, 2.24) is 4.98 Å². The Labute approximate surface area is 106 Å². The van der Waals surface area contributed by atoms with Gasteiger partial charge < -0.3 is 10.5 Å². The third-order valence-corrected chi connectivity index (χ3v) is 2.19. The smallest absolute Gasteiger partial charge is 0.306 e. The largest absolute Gasteiger partial charge is 0.460 e. The SMILES string of the molecule is CC(C)(C)OC(=O)CCc1cc(Cl)cnc1N. The van der Waals surface area contributed by atoms with Crippen LogP contribution in [0.4, 0.5) is 5.82 Å². The van der Waals surface area contributed by atoms with Crippen LogP contribution in [0.5, 0.6) is 0 Å². The fraction of sp³-hybridized carbons (Fsp3) is 0.500. The Morgan fingerprint density at radius 2 is 2.18 bits per heavy atom. The van der Waals surface area contributed by atoms with E-state index in [2.05, 4.69) is 4.98 Å². The molecule has 5 heteroatoms. The van der Waals surface area contributed by atoms with Gasteiger partial charge in [-0.25, -0.2) is 4.98 Å². The molecular formula is C12H17ClN2O2. The van der Waals surface area contributed by atoms with Crippen LogP contribution >= 0.6 is 11.6 Å². The Morgan fingerprint density at radius 3 is 2.76 bits per heavy atom. The van der Waals surface area contributed by atoms with Crippen LogP contribution in [0.3, 0.4) is 0 Å².